The molecule has 2 amide bonds. The predicted octanol–water partition coefficient (Wildman–Crippen LogP) is 1.72. The number of rotatable bonds is 3. The van der Waals surface area contributed by atoms with E-state index in [1.54, 1.807) is 24.0 Å². The molecule has 28 heavy (non-hydrogen) atoms. The smallest absolute Gasteiger partial charge is 0.236 e. The van der Waals surface area contributed by atoms with Gasteiger partial charge in [-0.25, -0.2) is 4.39 Å². The lowest BCUT2D eigenvalue weighted by Crippen LogP contribution is -2.53. The van der Waals surface area contributed by atoms with E-state index < -0.39 is 0 Å². The molecule has 0 N–H and O–H groups in total. The molecule has 1 atom stereocenters. The normalized spacial score (nSPS) is 20.1. The van der Waals surface area contributed by atoms with Crippen molar-refractivity contribution in [2.45, 2.75) is 19.5 Å². The number of fused-ring (bicyclic) bond motifs is 1. The number of hydrogen-bond donors (Lipinski definition) is 0. The van der Waals surface area contributed by atoms with E-state index in [1.165, 1.54) is 12.1 Å². The fourth-order valence-corrected chi connectivity index (χ4v) is 4.17. The molecule has 0 bridgehead atoms. The molecule has 0 aliphatic carbocycles. The number of carbonyl (C=O) groups excluding carboxylic acids is 2. The molecule has 6 nitrogen and oxygen atoms in total. The van der Waals surface area contributed by atoms with Crippen LogP contribution in [0, 0.1) is 5.82 Å². The van der Waals surface area contributed by atoms with Crippen molar-refractivity contribution in [3.05, 3.63) is 59.7 Å². The van der Waals surface area contributed by atoms with E-state index in [0.717, 1.165) is 24.3 Å². The lowest BCUT2D eigenvalue weighted by molar-refractivity contribution is -0.139. The van der Waals surface area contributed by atoms with Gasteiger partial charge in [0.15, 0.2) is 0 Å². The maximum atomic E-state index is 13.4. The average molecular weight is 384 g/mol. The van der Waals surface area contributed by atoms with Crippen LogP contribution in [0.15, 0.2) is 42.6 Å². The van der Waals surface area contributed by atoms with Crippen LogP contribution in [-0.2, 0) is 16.1 Å². The molecule has 2 aliphatic rings. The van der Waals surface area contributed by atoms with Crippen LogP contribution < -0.4 is 0 Å². The van der Waals surface area contributed by atoms with Gasteiger partial charge < -0.3 is 14.4 Å². The van der Waals surface area contributed by atoms with Crippen LogP contribution in [0.5, 0.6) is 0 Å². The highest BCUT2D eigenvalue weighted by Gasteiger charge is 2.32. The van der Waals surface area contributed by atoms with Gasteiger partial charge in [-0.05, 0) is 29.8 Å². The summed E-state index contributed by atoms with van der Waals surface area (Å²) in [5.74, 6) is -0.128. The molecule has 1 aromatic heterocycles. The van der Waals surface area contributed by atoms with Gasteiger partial charge in [-0.1, -0.05) is 12.1 Å². The third-order valence-electron chi connectivity index (χ3n) is 5.74. The summed E-state index contributed by atoms with van der Waals surface area (Å²) in [7, 11) is 0. The van der Waals surface area contributed by atoms with Gasteiger partial charge in [-0.3, -0.25) is 14.5 Å². The molecular formula is C21H25FN4O2. The summed E-state index contributed by atoms with van der Waals surface area (Å²) in [6.07, 6.45) is 2.05. The number of benzene rings is 1. The first-order valence-electron chi connectivity index (χ1n) is 9.71. The maximum absolute atomic E-state index is 13.4. The topological polar surface area (TPSA) is 48.8 Å². The van der Waals surface area contributed by atoms with E-state index in [0.29, 0.717) is 32.7 Å². The van der Waals surface area contributed by atoms with Crippen molar-refractivity contribution in [1.82, 2.24) is 19.3 Å². The highest BCUT2D eigenvalue weighted by atomic mass is 19.1. The molecule has 1 unspecified atom stereocenters. The summed E-state index contributed by atoms with van der Waals surface area (Å²) in [6.45, 7) is 5.78. The highest BCUT2D eigenvalue weighted by Crippen LogP contribution is 2.32. The van der Waals surface area contributed by atoms with Crippen molar-refractivity contribution in [3.63, 3.8) is 0 Å². The molecule has 3 heterocycles. The largest absolute Gasteiger partial charge is 0.348 e. The zero-order valence-electron chi connectivity index (χ0n) is 16.1. The van der Waals surface area contributed by atoms with Crippen LogP contribution in [0.2, 0.25) is 0 Å². The van der Waals surface area contributed by atoms with Crippen molar-refractivity contribution in [1.29, 1.82) is 0 Å². The van der Waals surface area contributed by atoms with Gasteiger partial charge in [0, 0.05) is 58.1 Å². The Bertz CT molecular complexity index is 856. The van der Waals surface area contributed by atoms with Crippen molar-refractivity contribution < 1.29 is 14.0 Å². The third-order valence-corrected chi connectivity index (χ3v) is 5.74. The zero-order chi connectivity index (χ0) is 19.7. The summed E-state index contributed by atoms with van der Waals surface area (Å²) in [5.41, 5.74) is 2.10. The number of aromatic nitrogens is 1. The summed E-state index contributed by atoms with van der Waals surface area (Å²) in [4.78, 5) is 30.2. The first-order chi connectivity index (χ1) is 13.5. The number of halogens is 1. The Morgan fingerprint density at radius 2 is 1.64 bits per heavy atom. The molecule has 148 valence electrons. The minimum atomic E-state index is -0.263. The first kappa shape index (κ1) is 18.7. The number of hydrogen-bond acceptors (Lipinski definition) is 3. The zero-order valence-corrected chi connectivity index (χ0v) is 16.1. The Balaban J connectivity index is 1.50. The number of piperazine rings is 1. The summed E-state index contributed by atoms with van der Waals surface area (Å²) >= 11 is 0. The van der Waals surface area contributed by atoms with Crippen molar-refractivity contribution >= 4 is 11.8 Å². The van der Waals surface area contributed by atoms with Crippen LogP contribution >= 0.6 is 0 Å². The van der Waals surface area contributed by atoms with E-state index in [2.05, 4.69) is 15.5 Å². The lowest BCUT2D eigenvalue weighted by atomic mass is 10.00. The Labute approximate surface area is 164 Å². The molecule has 7 heteroatoms. The van der Waals surface area contributed by atoms with Crippen LogP contribution in [0.25, 0.3) is 0 Å². The van der Waals surface area contributed by atoms with E-state index in [4.69, 9.17) is 0 Å². The van der Waals surface area contributed by atoms with Gasteiger partial charge in [0.1, 0.15) is 5.82 Å². The van der Waals surface area contributed by atoms with Crippen LogP contribution in [-0.4, -0.2) is 70.3 Å². The fraction of sp³-hybridized carbons (Fsp3) is 0.429. The van der Waals surface area contributed by atoms with E-state index in [9.17, 15) is 14.0 Å². The minimum absolute atomic E-state index is 0.0558. The molecule has 1 aromatic carbocycles. The standard InChI is InChI=1S/C21H25FN4O2/c1-16(27)23-9-12-25(13-10-23)20(28)15-26-14-11-24-8-2-3-19(24)21(26)17-4-6-18(22)7-5-17/h2-8,21H,9-15H2,1H3. The summed E-state index contributed by atoms with van der Waals surface area (Å²) in [5, 5.41) is 0. The molecule has 0 saturated carbocycles. The Morgan fingerprint density at radius 3 is 2.32 bits per heavy atom. The minimum Gasteiger partial charge on any atom is -0.348 e. The summed E-state index contributed by atoms with van der Waals surface area (Å²) in [6, 6.07) is 10.5. The van der Waals surface area contributed by atoms with Crippen LogP contribution in [0.3, 0.4) is 0 Å². The van der Waals surface area contributed by atoms with E-state index >= 15 is 0 Å². The van der Waals surface area contributed by atoms with Gasteiger partial charge in [0.25, 0.3) is 0 Å². The van der Waals surface area contributed by atoms with Gasteiger partial charge in [0.05, 0.1) is 12.6 Å². The number of nitrogens with zero attached hydrogens (tertiary/aromatic N) is 4. The van der Waals surface area contributed by atoms with Crippen molar-refractivity contribution in [2.75, 3.05) is 39.3 Å². The quantitative estimate of drug-likeness (QED) is 0.810. The van der Waals surface area contributed by atoms with E-state index in [1.807, 2.05) is 17.2 Å². The lowest BCUT2D eigenvalue weighted by Gasteiger charge is -2.39. The second-order valence-electron chi connectivity index (χ2n) is 7.44. The number of amides is 2. The van der Waals surface area contributed by atoms with Gasteiger partial charge in [0.2, 0.25) is 11.8 Å². The first-order valence-corrected chi connectivity index (χ1v) is 9.71. The van der Waals surface area contributed by atoms with E-state index in [-0.39, 0.29) is 23.7 Å². The van der Waals surface area contributed by atoms with Crippen LogP contribution in [0.1, 0.15) is 24.2 Å². The molecule has 1 saturated heterocycles. The van der Waals surface area contributed by atoms with Crippen molar-refractivity contribution in [2.24, 2.45) is 0 Å². The molecule has 1 fully saturated rings. The van der Waals surface area contributed by atoms with Gasteiger partial charge in [-0.2, -0.15) is 0 Å². The molecule has 4 rings (SSSR count). The molecule has 2 aliphatic heterocycles. The predicted molar refractivity (Wildman–Crippen MR) is 103 cm³/mol. The SMILES string of the molecule is CC(=O)N1CCN(C(=O)CN2CCn3cccc3C2c2ccc(F)cc2)CC1. The third kappa shape index (κ3) is 3.67. The molecule has 0 spiro atoms. The number of carbonyl (C=O) groups is 2. The Hall–Kier alpha value is -2.67. The van der Waals surface area contributed by atoms with Crippen molar-refractivity contribution in [3.8, 4) is 0 Å². The molecular weight excluding hydrogens is 359 g/mol. The molecule has 0 radical (unpaired) electrons. The highest BCUT2D eigenvalue weighted by molar-refractivity contribution is 5.79. The second-order valence-corrected chi connectivity index (χ2v) is 7.44. The second kappa shape index (κ2) is 7.75. The van der Waals surface area contributed by atoms with Gasteiger partial charge >= 0.3 is 0 Å². The molecule has 2 aromatic rings. The van der Waals surface area contributed by atoms with Crippen LogP contribution in [0.4, 0.5) is 4.39 Å². The summed E-state index contributed by atoms with van der Waals surface area (Å²) < 4.78 is 15.6. The fourth-order valence-electron chi connectivity index (χ4n) is 4.17. The average Bonchev–Trinajstić information content (AvgIpc) is 3.17. The Morgan fingerprint density at radius 1 is 0.964 bits per heavy atom. The maximum Gasteiger partial charge on any atom is 0.236 e. The van der Waals surface area contributed by atoms with Gasteiger partial charge in [-0.15, -0.1) is 0 Å². The Kier molecular flexibility index (Phi) is 5.17. The monoisotopic (exact) mass is 384 g/mol.